The predicted octanol–water partition coefficient (Wildman–Crippen LogP) is 4.19. The van der Waals surface area contributed by atoms with Crippen LogP contribution in [0.5, 0.6) is 0 Å². The number of rotatable bonds is 11. The fraction of sp³-hybridized carbons (Fsp3) is 0.441. The maximum Gasteiger partial charge on any atom is 0.253 e. The van der Waals surface area contributed by atoms with E-state index in [1.54, 1.807) is 26.9 Å². The van der Waals surface area contributed by atoms with Crippen molar-refractivity contribution in [3.8, 4) is 0 Å². The zero-order chi connectivity index (χ0) is 30.2. The molecule has 8 heteroatoms. The standard InChI is InChI=1S/C34H41N3O5/c1-6-18-35(25-12-9-8-10-13-25)30(39)27-28-31(40)37(20-11-21-38)29(34(28)17-16-33(27,5)42-34)32(41)36(19-7-2)26-22-23(3)14-15-24(26)4/h6-10,12-15,22,27-29,38H,1-2,11,16-21H2,3-5H3/t27-,28-,29?,33+,34?/m0/s1. The molecule has 3 aliphatic heterocycles. The van der Waals surface area contributed by atoms with Gasteiger partial charge in [0.1, 0.15) is 11.6 Å². The van der Waals surface area contributed by atoms with Crippen LogP contribution in [0, 0.1) is 25.7 Å². The zero-order valence-electron chi connectivity index (χ0n) is 24.8. The van der Waals surface area contributed by atoms with Crippen LogP contribution in [0.15, 0.2) is 73.8 Å². The van der Waals surface area contributed by atoms with E-state index in [0.29, 0.717) is 24.9 Å². The minimum absolute atomic E-state index is 0.127. The SMILES string of the molecule is C=CCN(C(=O)[C@@H]1[C@H]2C(=O)N(CCCO)C(C(=O)N(CC=C)c3cc(C)ccc3C)C23CC[C@@]1(C)O3)c1ccccc1. The van der Waals surface area contributed by atoms with Crippen LogP contribution < -0.4 is 9.80 Å². The monoisotopic (exact) mass is 571 g/mol. The summed E-state index contributed by atoms with van der Waals surface area (Å²) in [7, 11) is 0. The lowest BCUT2D eigenvalue weighted by Crippen LogP contribution is -2.57. The summed E-state index contributed by atoms with van der Waals surface area (Å²) in [5.41, 5.74) is 1.33. The lowest BCUT2D eigenvalue weighted by atomic mass is 9.66. The van der Waals surface area contributed by atoms with Crippen LogP contribution in [0.3, 0.4) is 0 Å². The first-order chi connectivity index (χ1) is 20.1. The molecule has 1 N–H and O–H groups in total. The maximum absolute atomic E-state index is 14.7. The average molecular weight is 572 g/mol. The molecule has 2 unspecified atom stereocenters. The molecule has 3 amide bonds. The number of nitrogens with zero attached hydrogens (tertiary/aromatic N) is 3. The first-order valence-corrected chi connectivity index (χ1v) is 14.7. The summed E-state index contributed by atoms with van der Waals surface area (Å²) in [6, 6.07) is 14.3. The Labute approximate surface area is 248 Å². The molecule has 0 aliphatic carbocycles. The summed E-state index contributed by atoms with van der Waals surface area (Å²) in [6.45, 7) is 14.2. The summed E-state index contributed by atoms with van der Waals surface area (Å²) in [5.74, 6) is -2.34. The number of aliphatic hydroxyl groups excluding tert-OH is 1. The van der Waals surface area contributed by atoms with Gasteiger partial charge in [0.15, 0.2) is 0 Å². The van der Waals surface area contributed by atoms with Crippen molar-refractivity contribution in [2.24, 2.45) is 11.8 Å². The van der Waals surface area contributed by atoms with E-state index in [0.717, 1.165) is 16.8 Å². The summed E-state index contributed by atoms with van der Waals surface area (Å²) >= 11 is 0. The topological polar surface area (TPSA) is 90.4 Å². The molecule has 0 aromatic heterocycles. The van der Waals surface area contributed by atoms with Gasteiger partial charge in [-0.15, -0.1) is 13.2 Å². The van der Waals surface area contributed by atoms with Crippen LogP contribution >= 0.6 is 0 Å². The quantitative estimate of drug-likeness (QED) is 0.409. The van der Waals surface area contributed by atoms with E-state index < -0.39 is 29.1 Å². The Morgan fingerprint density at radius 3 is 2.40 bits per heavy atom. The second-order valence-corrected chi connectivity index (χ2v) is 11.9. The number of aryl methyl sites for hydroxylation is 2. The average Bonchev–Trinajstić information content (AvgIpc) is 3.55. The third-order valence-electron chi connectivity index (χ3n) is 9.21. The van der Waals surface area contributed by atoms with Gasteiger partial charge >= 0.3 is 0 Å². The number of carbonyl (C=O) groups excluding carboxylic acids is 3. The Hall–Kier alpha value is -3.75. The molecule has 8 nitrogen and oxygen atoms in total. The van der Waals surface area contributed by atoms with Crippen molar-refractivity contribution in [2.75, 3.05) is 36.0 Å². The normalized spacial score (nSPS) is 27.6. The molecule has 2 aromatic rings. The molecule has 3 heterocycles. The first-order valence-electron chi connectivity index (χ1n) is 14.7. The van der Waals surface area contributed by atoms with Crippen LogP contribution in [0.25, 0.3) is 0 Å². The highest BCUT2D eigenvalue weighted by molar-refractivity contribution is 6.07. The van der Waals surface area contributed by atoms with Gasteiger partial charge < -0.3 is 24.5 Å². The molecule has 2 aromatic carbocycles. The summed E-state index contributed by atoms with van der Waals surface area (Å²) in [4.78, 5) is 48.4. The highest BCUT2D eigenvalue weighted by Crippen LogP contribution is 2.63. The smallest absolute Gasteiger partial charge is 0.253 e. The Bertz CT molecular complexity index is 1390. The van der Waals surface area contributed by atoms with Gasteiger partial charge in [0.25, 0.3) is 5.91 Å². The maximum atomic E-state index is 14.7. The molecule has 42 heavy (non-hydrogen) atoms. The van der Waals surface area contributed by atoms with Gasteiger partial charge in [-0.2, -0.15) is 0 Å². The van der Waals surface area contributed by atoms with E-state index >= 15 is 0 Å². The number of hydrogen-bond donors (Lipinski definition) is 1. The van der Waals surface area contributed by atoms with Gasteiger partial charge in [-0.3, -0.25) is 14.4 Å². The number of likely N-dealkylation sites (tertiary alicyclic amines) is 1. The van der Waals surface area contributed by atoms with Crippen molar-refractivity contribution in [3.05, 3.63) is 85.0 Å². The van der Waals surface area contributed by atoms with E-state index in [-0.39, 0.29) is 44.0 Å². The molecule has 3 saturated heterocycles. The highest BCUT2D eigenvalue weighted by Gasteiger charge is 2.78. The van der Waals surface area contributed by atoms with Crippen LogP contribution in [-0.4, -0.2) is 71.2 Å². The molecule has 222 valence electrons. The van der Waals surface area contributed by atoms with Gasteiger partial charge in [0.2, 0.25) is 11.8 Å². The van der Waals surface area contributed by atoms with Crippen molar-refractivity contribution < 1.29 is 24.2 Å². The van der Waals surface area contributed by atoms with Crippen LogP contribution in [0.4, 0.5) is 11.4 Å². The largest absolute Gasteiger partial charge is 0.396 e. The number of para-hydroxylation sites is 1. The van der Waals surface area contributed by atoms with E-state index in [4.69, 9.17) is 4.74 Å². The number of hydrogen-bond acceptors (Lipinski definition) is 5. The number of ether oxygens (including phenoxy) is 1. The number of anilines is 2. The molecule has 0 radical (unpaired) electrons. The molecular weight excluding hydrogens is 530 g/mol. The molecule has 3 fully saturated rings. The summed E-state index contributed by atoms with van der Waals surface area (Å²) in [5, 5.41) is 9.70. The minimum atomic E-state index is -1.16. The van der Waals surface area contributed by atoms with Crippen molar-refractivity contribution in [3.63, 3.8) is 0 Å². The van der Waals surface area contributed by atoms with Crippen molar-refractivity contribution in [1.82, 2.24) is 4.90 Å². The third kappa shape index (κ3) is 4.67. The van der Waals surface area contributed by atoms with Crippen molar-refractivity contribution in [1.29, 1.82) is 0 Å². The molecular formula is C34H41N3O5. The number of amides is 3. The van der Waals surface area contributed by atoms with Crippen molar-refractivity contribution >= 4 is 29.1 Å². The van der Waals surface area contributed by atoms with E-state index in [2.05, 4.69) is 13.2 Å². The molecule has 1 spiro atoms. The van der Waals surface area contributed by atoms with Crippen LogP contribution in [-0.2, 0) is 19.1 Å². The predicted molar refractivity (Wildman–Crippen MR) is 163 cm³/mol. The van der Waals surface area contributed by atoms with Crippen molar-refractivity contribution in [2.45, 2.75) is 57.3 Å². The van der Waals surface area contributed by atoms with E-state index in [9.17, 15) is 19.5 Å². The number of fused-ring (bicyclic) bond motifs is 1. The lowest BCUT2D eigenvalue weighted by Gasteiger charge is -2.37. The number of benzene rings is 2. The molecule has 3 aliphatic rings. The Balaban J connectivity index is 1.60. The summed E-state index contributed by atoms with van der Waals surface area (Å²) in [6.07, 6.45) is 4.69. The van der Waals surface area contributed by atoms with Gasteiger partial charge in [0, 0.05) is 37.6 Å². The molecule has 0 saturated carbocycles. The molecule has 5 rings (SSSR count). The Morgan fingerprint density at radius 2 is 1.74 bits per heavy atom. The van der Waals surface area contributed by atoms with E-state index in [1.807, 2.05) is 69.3 Å². The number of aliphatic hydroxyl groups is 1. The van der Waals surface area contributed by atoms with Crippen LogP contribution in [0.2, 0.25) is 0 Å². The summed E-state index contributed by atoms with van der Waals surface area (Å²) < 4.78 is 6.83. The Kier molecular flexibility index (Phi) is 8.14. The first kappa shape index (κ1) is 29.7. The van der Waals surface area contributed by atoms with Gasteiger partial charge in [-0.25, -0.2) is 0 Å². The van der Waals surface area contributed by atoms with E-state index in [1.165, 1.54) is 0 Å². The third-order valence-corrected chi connectivity index (χ3v) is 9.21. The second kappa shape index (κ2) is 11.5. The number of carbonyl (C=O) groups is 3. The highest BCUT2D eigenvalue weighted by atomic mass is 16.5. The van der Waals surface area contributed by atoms with Crippen LogP contribution in [0.1, 0.15) is 37.3 Å². The second-order valence-electron chi connectivity index (χ2n) is 11.9. The fourth-order valence-electron chi connectivity index (χ4n) is 7.38. The fourth-order valence-corrected chi connectivity index (χ4v) is 7.38. The minimum Gasteiger partial charge on any atom is -0.396 e. The van der Waals surface area contributed by atoms with Gasteiger partial charge in [-0.1, -0.05) is 42.5 Å². The zero-order valence-corrected chi connectivity index (χ0v) is 24.8. The van der Waals surface area contributed by atoms with Gasteiger partial charge in [-0.05, 0) is 69.4 Å². The lowest BCUT2D eigenvalue weighted by molar-refractivity contribution is -0.144. The molecule has 5 atom stereocenters. The molecule has 2 bridgehead atoms. The Morgan fingerprint density at radius 1 is 1.05 bits per heavy atom. The van der Waals surface area contributed by atoms with Gasteiger partial charge in [0.05, 0.1) is 17.4 Å².